The highest BCUT2D eigenvalue weighted by Gasteiger charge is 2.18. The van der Waals surface area contributed by atoms with Gasteiger partial charge in [-0.05, 0) is 12.5 Å². The molecule has 0 atom stereocenters. The number of hydrogen-bond acceptors (Lipinski definition) is 4. The van der Waals surface area contributed by atoms with Gasteiger partial charge in [0, 0.05) is 39.3 Å². The molecular weight excluding hydrogens is 252 g/mol. The quantitative estimate of drug-likeness (QED) is 0.836. The van der Waals surface area contributed by atoms with Gasteiger partial charge in [-0.2, -0.15) is 0 Å². The standard InChI is InChI=1S/C12H17ClN4O/c1-9(18)16-3-2-4-17(6-5-16)12-11(14)7-10(13)8-15-12/h7-8H,2-6,14H2,1H3. The van der Waals surface area contributed by atoms with Crippen molar-refractivity contribution in [3.63, 3.8) is 0 Å². The number of nitrogens with zero attached hydrogens (tertiary/aromatic N) is 3. The molecule has 18 heavy (non-hydrogen) atoms. The summed E-state index contributed by atoms with van der Waals surface area (Å²) in [5.74, 6) is 0.874. The molecule has 0 aromatic carbocycles. The van der Waals surface area contributed by atoms with Gasteiger partial charge in [-0.1, -0.05) is 11.6 Å². The second-order valence-electron chi connectivity index (χ2n) is 4.41. The molecule has 1 amide bonds. The SMILES string of the molecule is CC(=O)N1CCCN(c2ncc(Cl)cc2N)CC1. The molecule has 6 heteroatoms. The molecule has 1 aliphatic heterocycles. The van der Waals surface area contributed by atoms with Crippen LogP contribution in [0.5, 0.6) is 0 Å². The minimum Gasteiger partial charge on any atom is -0.396 e. The maximum absolute atomic E-state index is 11.4. The highest BCUT2D eigenvalue weighted by atomic mass is 35.5. The Balaban J connectivity index is 2.12. The molecule has 0 radical (unpaired) electrons. The van der Waals surface area contributed by atoms with Crippen molar-refractivity contribution in [3.05, 3.63) is 17.3 Å². The van der Waals surface area contributed by atoms with E-state index >= 15 is 0 Å². The van der Waals surface area contributed by atoms with Gasteiger partial charge in [0.25, 0.3) is 0 Å². The number of nitrogens with two attached hydrogens (primary N) is 1. The molecule has 0 aliphatic carbocycles. The van der Waals surface area contributed by atoms with Crippen LogP contribution in [0, 0.1) is 0 Å². The van der Waals surface area contributed by atoms with Gasteiger partial charge in [0.05, 0.1) is 10.7 Å². The molecule has 2 heterocycles. The Hall–Kier alpha value is -1.49. The Morgan fingerprint density at radius 2 is 2.17 bits per heavy atom. The first-order chi connectivity index (χ1) is 8.58. The zero-order valence-electron chi connectivity index (χ0n) is 10.4. The largest absolute Gasteiger partial charge is 0.396 e. The lowest BCUT2D eigenvalue weighted by Gasteiger charge is -2.23. The van der Waals surface area contributed by atoms with E-state index in [0.29, 0.717) is 17.3 Å². The minimum absolute atomic E-state index is 0.119. The fourth-order valence-corrected chi connectivity index (χ4v) is 2.32. The second kappa shape index (κ2) is 5.44. The number of carbonyl (C=O) groups is 1. The Labute approximate surface area is 112 Å². The van der Waals surface area contributed by atoms with Crippen molar-refractivity contribution >= 4 is 29.0 Å². The number of nitrogen functional groups attached to an aromatic ring is 1. The normalized spacial score (nSPS) is 16.6. The molecule has 0 spiro atoms. The zero-order chi connectivity index (χ0) is 13.1. The Morgan fingerprint density at radius 3 is 2.83 bits per heavy atom. The molecule has 2 rings (SSSR count). The summed E-state index contributed by atoms with van der Waals surface area (Å²) < 4.78 is 0. The second-order valence-corrected chi connectivity index (χ2v) is 4.85. The van der Waals surface area contributed by atoms with Gasteiger partial charge >= 0.3 is 0 Å². The number of amides is 1. The van der Waals surface area contributed by atoms with Crippen LogP contribution in [0.3, 0.4) is 0 Å². The van der Waals surface area contributed by atoms with Crippen LogP contribution in [-0.4, -0.2) is 42.0 Å². The number of carbonyl (C=O) groups excluding carboxylic acids is 1. The predicted molar refractivity (Wildman–Crippen MR) is 72.7 cm³/mol. The lowest BCUT2D eigenvalue weighted by atomic mass is 10.3. The van der Waals surface area contributed by atoms with Crippen LogP contribution in [0.1, 0.15) is 13.3 Å². The first kappa shape index (κ1) is 13.0. The van der Waals surface area contributed by atoms with Crippen molar-refractivity contribution in [3.8, 4) is 0 Å². The lowest BCUT2D eigenvalue weighted by Crippen LogP contribution is -2.34. The molecule has 1 aromatic heterocycles. The van der Waals surface area contributed by atoms with E-state index in [0.717, 1.165) is 31.9 Å². The summed E-state index contributed by atoms with van der Waals surface area (Å²) in [6, 6.07) is 1.71. The van der Waals surface area contributed by atoms with Crippen molar-refractivity contribution in [1.29, 1.82) is 0 Å². The summed E-state index contributed by atoms with van der Waals surface area (Å²) in [5.41, 5.74) is 6.51. The summed E-state index contributed by atoms with van der Waals surface area (Å²) in [4.78, 5) is 19.6. The van der Waals surface area contributed by atoms with Crippen LogP contribution in [0.2, 0.25) is 5.02 Å². The van der Waals surface area contributed by atoms with E-state index in [-0.39, 0.29) is 5.91 Å². The van der Waals surface area contributed by atoms with E-state index in [2.05, 4.69) is 9.88 Å². The number of halogens is 1. The number of pyridine rings is 1. The molecule has 0 unspecified atom stereocenters. The van der Waals surface area contributed by atoms with Crippen LogP contribution in [0.15, 0.2) is 12.3 Å². The summed E-state index contributed by atoms with van der Waals surface area (Å²) in [7, 11) is 0. The maximum atomic E-state index is 11.4. The van der Waals surface area contributed by atoms with Crippen molar-refractivity contribution in [2.75, 3.05) is 36.8 Å². The summed E-state index contributed by atoms with van der Waals surface area (Å²) in [6.45, 7) is 4.70. The maximum Gasteiger partial charge on any atom is 0.219 e. The molecule has 5 nitrogen and oxygen atoms in total. The topological polar surface area (TPSA) is 62.5 Å². The number of rotatable bonds is 1. The third-order valence-corrected chi connectivity index (χ3v) is 3.31. The van der Waals surface area contributed by atoms with E-state index in [1.54, 1.807) is 19.2 Å². The van der Waals surface area contributed by atoms with Crippen molar-refractivity contribution in [1.82, 2.24) is 9.88 Å². The third kappa shape index (κ3) is 2.85. The van der Waals surface area contributed by atoms with Crippen molar-refractivity contribution in [2.45, 2.75) is 13.3 Å². The van der Waals surface area contributed by atoms with Crippen molar-refractivity contribution in [2.24, 2.45) is 0 Å². The Bertz CT molecular complexity index is 452. The lowest BCUT2D eigenvalue weighted by molar-refractivity contribution is -0.128. The smallest absolute Gasteiger partial charge is 0.219 e. The van der Waals surface area contributed by atoms with E-state index < -0.39 is 0 Å². The highest BCUT2D eigenvalue weighted by molar-refractivity contribution is 6.30. The van der Waals surface area contributed by atoms with Gasteiger partial charge in [0.1, 0.15) is 0 Å². The van der Waals surface area contributed by atoms with E-state index in [9.17, 15) is 4.79 Å². The molecule has 98 valence electrons. The zero-order valence-corrected chi connectivity index (χ0v) is 11.2. The first-order valence-electron chi connectivity index (χ1n) is 5.99. The molecule has 1 aliphatic rings. The Kier molecular flexibility index (Phi) is 3.91. The number of anilines is 2. The van der Waals surface area contributed by atoms with Crippen molar-refractivity contribution < 1.29 is 4.79 Å². The van der Waals surface area contributed by atoms with Crippen LogP contribution in [0.4, 0.5) is 11.5 Å². The number of hydrogen-bond donors (Lipinski definition) is 1. The number of aromatic nitrogens is 1. The van der Waals surface area contributed by atoms with Crippen LogP contribution in [-0.2, 0) is 4.79 Å². The average Bonchev–Trinajstić information content (AvgIpc) is 2.54. The average molecular weight is 269 g/mol. The van der Waals surface area contributed by atoms with Gasteiger partial charge in [-0.15, -0.1) is 0 Å². The molecule has 1 fully saturated rings. The monoisotopic (exact) mass is 268 g/mol. The van der Waals surface area contributed by atoms with Crippen LogP contribution in [0.25, 0.3) is 0 Å². The predicted octanol–water partition coefficient (Wildman–Crippen LogP) is 1.38. The van der Waals surface area contributed by atoms with Gasteiger partial charge in [-0.25, -0.2) is 4.98 Å². The van der Waals surface area contributed by atoms with E-state index in [1.165, 1.54) is 0 Å². The third-order valence-electron chi connectivity index (χ3n) is 3.10. The van der Waals surface area contributed by atoms with E-state index in [4.69, 9.17) is 17.3 Å². The molecule has 1 aromatic rings. The van der Waals surface area contributed by atoms with E-state index in [1.807, 2.05) is 4.90 Å². The van der Waals surface area contributed by atoms with Gasteiger partial charge < -0.3 is 15.5 Å². The van der Waals surface area contributed by atoms with Gasteiger partial charge in [-0.3, -0.25) is 4.79 Å². The minimum atomic E-state index is 0.119. The summed E-state index contributed by atoms with van der Waals surface area (Å²) in [6.07, 6.45) is 2.52. The first-order valence-corrected chi connectivity index (χ1v) is 6.37. The molecule has 1 saturated heterocycles. The van der Waals surface area contributed by atoms with Crippen LogP contribution < -0.4 is 10.6 Å². The highest BCUT2D eigenvalue weighted by Crippen LogP contribution is 2.24. The fraction of sp³-hybridized carbons (Fsp3) is 0.500. The summed E-state index contributed by atoms with van der Waals surface area (Å²) in [5, 5.41) is 0.538. The van der Waals surface area contributed by atoms with Gasteiger partial charge in [0.2, 0.25) is 5.91 Å². The van der Waals surface area contributed by atoms with Crippen LogP contribution >= 0.6 is 11.6 Å². The molecule has 0 saturated carbocycles. The Morgan fingerprint density at radius 1 is 1.39 bits per heavy atom. The molecule has 0 bridgehead atoms. The molecule has 2 N–H and O–H groups in total. The van der Waals surface area contributed by atoms with Gasteiger partial charge in [0.15, 0.2) is 5.82 Å². The summed E-state index contributed by atoms with van der Waals surface area (Å²) >= 11 is 5.84. The molecular formula is C12H17ClN4O. The fourth-order valence-electron chi connectivity index (χ4n) is 2.16.